The van der Waals surface area contributed by atoms with Gasteiger partial charge in [0.15, 0.2) is 11.5 Å². The first-order chi connectivity index (χ1) is 14.5. The summed E-state index contributed by atoms with van der Waals surface area (Å²) < 4.78 is 15.4. The summed E-state index contributed by atoms with van der Waals surface area (Å²) in [6.45, 7) is 8.22. The van der Waals surface area contributed by atoms with E-state index in [0.29, 0.717) is 12.0 Å². The van der Waals surface area contributed by atoms with Gasteiger partial charge in [-0.05, 0) is 37.0 Å². The zero-order chi connectivity index (χ0) is 23.6. The number of carboxylic acid groups (broad SMARTS) is 1. The van der Waals surface area contributed by atoms with Crippen molar-refractivity contribution in [3.05, 3.63) is 23.8 Å². The summed E-state index contributed by atoms with van der Waals surface area (Å²) in [6, 6.07) is 3.50. The number of nitrogens with one attached hydrogen (secondary N) is 1. The number of aliphatic carboxylic acids is 1. The maximum Gasteiger partial charge on any atom is 0.321 e. The van der Waals surface area contributed by atoms with E-state index in [9.17, 15) is 24.3 Å². The van der Waals surface area contributed by atoms with Crippen molar-refractivity contribution in [2.45, 2.75) is 66.0 Å². The Balaban J connectivity index is 2.79. The predicted molar refractivity (Wildman–Crippen MR) is 112 cm³/mol. The Morgan fingerprint density at radius 2 is 1.65 bits per heavy atom. The second-order valence-electron chi connectivity index (χ2n) is 7.49. The maximum atomic E-state index is 11.9. The summed E-state index contributed by atoms with van der Waals surface area (Å²) in [6.07, 6.45) is 0.754. The van der Waals surface area contributed by atoms with E-state index in [1.807, 2.05) is 13.8 Å². The summed E-state index contributed by atoms with van der Waals surface area (Å²) in [4.78, 5) is 46.1. The molecule has 0 aliphatic rings. The van der Waals surface area contributed by atoms with Crippen LogP contribution in [0, 0.1) is 5.92 Å². The largest absolute Gasteiger partial charge is 0.480 e. The smallest absolute Gasteiger partial charge is 0.321 e. The number of carbonyl (C=O) groups is 4. The number of rotatable bonds is 12. The van der Waals surface area contributed by atoms with E-state index in [1.54, 1.807) is 13.0 Å². The number of benzene rings is 1. The lowest BCUT2D eigenvalue weighted by Gasteiger charge is -2.20. The monoisotopic (exact) mass is 437 g/mol. The van der Waals surface area contributed by atoms with Crippen molar-refractivity contribution in [3.63, 3.8) is 0 Å². The summed E-state index contributed by atoms with van der Waals surface area (Å²) >= 11 is 0. The van der Waals surface area contributed by atoms with Gasteiger partial charge in [0.1, 0.15) is 12.1 Å². The highest BCUT2D eigenvalue weighted by atomic mass is 16.6. The van der Waals surface area contributed by atoms with Crippen LogP contribution in [-0.2, 0) is 30.3 Å². The molecule has 0 aliphatic carbocycles. The normalized spacial score (nSPS) is 13.6. The van der Waals surface area contributed by atoms with Gasteiger partial charge >= 0.3 is 23.9 Å². The van der Waals surface area contributed by atoms with Crippen LogP contribution >= 0.6 is 0 Å². The molecule has 9 heteroatoms. The molecule has 0 aliphatic heterocycles. The first-order valence-corrected chi connectivity index (χ1v) is 10.2. The molecule has 0 saturated carbocycles. The van der Waals surface area contributed by atoms with Gasteiger partial charge in [-0.25, -0.2) is 0 Å². The predicted octanol–water partition coefficient (Wildman–Crippen LogP) is 2.49. The van der Waals surface area contributed by atoms with Gasteiger partial charge in [-0.1, -0.05) is 26.3 Å². The van der Waals surface area contributed by atoms with Gasteiger partial charge in [-0.2, -0.15) is 0 Å². The lowest BCUT2D eigenvalue weighted by molar-refractivity contribution is -0.149. The van der Waals surface area contributed by atoms with Crippen molar-refractivity contribution in [1.82, 2.24) is 5.32 Å². The van der Waals surface area contributed by atoms with Crippen LogP contribution in [0.4, 0.5) is 0 Å². The molecule has 9 nitrogen and oxygen atoms in total. The van der Waals surface area contributed by atoms with Crippen LogP contribution < -0.4 is 14.8 Å². The molecular formula is C22H31NO8. The third-order valence-corrected chi connectivity index (χ3v) is 4.45. The van der Waals surface area contributed by atoms with E-state index < -0.39 is 30.1 Å². The Hall–Kier alpha value is -2.94. The van der Waals surface area contributed by atoms with Crippen LogP contribution in [0.15, 0.2) is 18.2 Å². The fourth-order valence-corrected chi connectivity index (χ4v) is 2.69. The van der Waals surface area contributed by atoms with Gasteiger partial charge in [-0.15, -0.1) is 0 Å². The first kappa shape index (κ1) is 26.1. The Kier molecular flexibility index (Phi) is 10.7. The van der Waals surface area contributed by atoms with E-state index in [0.717, 1.165) is 6.42 Å². The first-order valence-electron chi connectivity index (χ1n) is 10.2. The molecule has 0 heterocycles. The van der Waals surface area contributed by atoms with Crippen molar-refractivity contribution in [2.75, 3.05) is 6.54 Å². The lowest BCUT2D eigenvalue weighted by atomic mass is 10.0. The highest BCUT2D eigenvalue weighted by Crippen LogP contribution is 2.29. The second kappa shape index (κ2) is 12.7. The van der Waals surface area contributed by atoms with Gasteiger partial charge in [0.05, 0.1) is 0 Å². The zero-order valence-corrected chi connectivity index (χ0v) is 18.6. The second-order valence-corrected chi connectivity index (χ2v) is 7.49. The Bertz CT molecular complexity index is 792. The van der Waals surface area contributed by atoms with Crippen LogP contribution in [0.2, 0.25) is 0 Å². The molecule has 0 spiro atoms. The molecule has 1 rings (SSSR count). The fraction of sp³-hybridized carbons (Fsp3) is 0.545. The van der Waals surface area contributed by atoms with Gasteiger partial charge in [0, 0.05) is 26.8 Å². The zero-order valence-electron chi connectivity index (χ0n) is 18.6. The maximum absolute atomic E-state index is 11.9. The van der Waals surface area contributed by atoms with Crippen molar-refractivity contribution in [3.8, 4) is 11.5 Å². The highest BCUT2D eigenvalue weighted by molar-refractivity contribution is 5.75. The van der Waals surface area contributed by atoms with Crippen molar-refractivity contribution >= 4 is 23.9 Å². The summed E-state index contributed by atoms with van der Waals surface area (Å²) in [5, 5.41) is 12.4. The van der Waals surface area contributed by atoms with E-state index in [1.165, 1.54) is 26.0 Å². The minimum absolute atomic E-state index is 0.0247. The molecule has 31 heavy (non-hydrogen) atoms. The standard InChI is InChI=1S/C22H31NO8/c1-6-13(2)9-21(26)29-14(3)12-23-18(22(27)28)10-17-7-8-19(30-15(4)24)20(11-17)31-16(5)25/h7-8,11,13-14,18,23H,6,9-10,12H2,1-5H3,(H,27,28)/t13?,14?,18-/m0/s1. The van der Waals surface area contributed by atoms with E-state index >= 15 is 0 Å². The van der Waals surface area contributed by atoms with E-state index in [-0.39, 0.29) is 36.4 Å². The molecule has 0 radical (unpaired) electrons. The number of hydrogen-bond acceptors (Lipinski definition) is 8. The van der Waals surface area contributed by atoms with Crippen LogP contribution in [0.25, 0.3) is 0 Å². The van der Waals surface area contributed by atoms with Crippen molar-refractivity contribution < 1.29 is 38.5 Å². The molecule has 0 saturated heterocycles. The molecule has 0 fully saturated rings. The number of carbonyl (C=O) groups excluding carboxylic acids is 3. The molecule has 172 valence electrons. The Morgan fingerprint density at radius 3 is 2.19 bits per heavy atom. The highest BCUT2D eigenvalue weighted by Gasteiger charge is 2.21. The topological polar surface area (TPSA) is 128 Å². The quantitative estimate of drug-likeness (QED) is 0.374. The minimum Gasteiger partial charge on any atom is -0.480 e. The van der Waals surface area contributed by atoms with Crippen molar-refractivity contribution in [1.29, 1.82) is 0 Å². The van der Waals surface area contributed by atoms with Gasteiger partial charge in [0.25, 0.3) is 0 Å². The molecular weight excluding hydrogens is 406 g/mol. The number of hydrogen-bond donors (Lipinski definition) is 2. The van der Waals surface area contributed by atoms with Gasteiger partial charge in [0.2, 0.25) is 0 Å². The molecule has 0 aromatic heterocycles. The van der Waals surface area contributed by atoms with Crippen LogP contribution in [0.5, 0.6) is 11.5 Å². The van der Waals surface area contributed by atoms with Crippen molar-refractivity contribution in [2.24, 2.45) is 5.92 Å². The molecule has 2 unspecified atom stereocenters. The van der Waals surface area contributed by atoms with Gasteiger partial charge < -0.3 is 24.6 Å². The van der Waals surface area contributed by atoms with Crippen LogP contribution in [0.3, 0.4) is 0 Å². The van der Waals surface area contributed by atoms with Crippen LogP contribution in [0.1, 0.15) is 53.0 Å². The summed E-state index contributed by atoms with van der Waals surface area (Å²) in [5.74, 6) is -2.28. The molecule has 2 N–H and O–H groups in total. The average molecular weight is 437 g/mol. The number of carboxylic acids is 1. The fourth-order valence-electron chi connectivity index (χ4n) is 2.69. The molecule has 1 aromatic rings. The lowest BCUT2D eigenvalue weighted by Crippen LogP contribution is -2.42. The average Bonchev–Trinajstić information content (AvgIpc) is 2.65. The Morgan fingerprint density at radius 1 is 1.03 bits per heavy atom. The number of esters is 3. The summed E-state index contributed by atoms with van der Waals surface area (Å²) in [7, 11) is 0. The minimum atomic E-state index is -1.09. The third-order valence-electron chi connectivity index (χ3n) is 4.45. The number of ether oxygens (including phenoxy) is 3. The van der Waals surface area contributed by atoms with E-state index in [2.05, 4.69) is 5.32 Å². The molecule has 3 atom stereocenters. The van der Waals surface area contributed by atoms with Gasteiger partial charge in [-0.3, -0.25) is 19.2 Å². The van der Waals surface area contributed by atoms with Crippen LogP contribution in [-0.4, -0.2) is 47.7 Å². The SMILES string of the molecule is CCC(C)CC(=O)OC(C)CN[C@@H](Cc1ccc(OC(C)=O)c(OC(C)=O)c1)C(=O)O. The third kappa shape index (κ3) is 10.1. The van der Waals surface area contributed by atoms with E-state index in [4.69, 9.17) is 14.2 Å². The molecule has 0 amide bonds. The molecule has 1 aromatic carbocycles. The Labute approximate surface area is 182 Å². The summed E-state index contributed by atoms with van der Waals surface area (Å²) in [5.41, 5.74) is 0.550. The molecule has 0 bridgehead atoms.